The monoisotopic (exact) mass is 358 g/mol. The Hall–Kier alpha value is -2.41. The van der Waals surface area contributed by atoms with Crippen LogP contribution in [0.3, 0.4) is 0 Å². The van der Waals surface area contributed by atoms with Gasteiger partial charge in [0.15, 0.2) is 0 Å². The topological polar surface area (TPSA) is 78.2 Å². The summed E-state index contributed by atoms with van der Waals surface area (Å²) < 4.78 is 9.18. The van der Waals surface area contributed by atoms with Crippen molar-refractivity contribution in [2.75, 3.05) is 0 Å². The van der Waals surface area contributed by atoms with Crippen molar-refractivity contribution in [1.82, 2.24) is 19.7 Å². The van der Waals surface area contributed by atoms with Crippen molar-refractivity contribution in [1.29, 1.82) is 0 Å². The highest BCUT2D eigenvalue weighted by Crippen LogP contribution is 2.31. The van der Waals surface area contributed by atoms with Crippen LogP contribution in [-0.4, -0.2) is 26.4 Å². The van der Waals surface area contributed by atoms with Crippen LogP contribution in [0.25, 0.3) is 0 Å². The first-order valence-corrected chi connectivity index (χ1v) is 9.17. The number of hydrogen-bond acceptors (Lipinski definition) is 4. The van der Waals surface area contributed by atoms with Gasteiger partial charge >= 0.3 is 0 Å². The Morgan fingerprint density at radius 3 is 2.81 bits per heavy atom. The van der Waals surface area contributed by atoms with Crippen molar-refractivity contribution in [3.05, 3.63) is 51.2 Å². The quantitative estimate of drug-likeness (QED) is 0.887. The molecule has 26 heavy (non-hydrogen) atoms. The van der Waals surface area contributed by atoms with Gasteiger partial charge in [0.1, 0.15) is 5.69 Å². The number of nitrogens with zero attached hydrogens (tertiary/aromatic N) is 3. The summed E-state index contributed by atoms with van der Waals surface area (Å²) in [7, 11) is 0. The standard InChI is InChI=1S/C19H26N4O3/c1-5-22-9-7-8-14(19(22)25)11-20-18(24)17-15-10-12(3)26-13(4)16(15)21-23(17)6-2/h7-9,12-13H,5-6,10-11H2,1-4H3,(H,20,24)/t12-,13+/m0/s1. The van der Waals surface area contributed by atoms with Crippen LogP contribution in [0.1, 0.15) is 61.1 Å². The summed E-state index contributed by atoms with van der Waals surface area (Å²) in [5.41, 5.74) is 2.87. The Morgan fingerprint density at radius 1 is 1.35 bits per heavy atom. The number of ether oxygens (including phenoxy) is 1. The molecule has 0 saturated heterocycles. The van der Waals surface area contributed by atoms with Crippen molar-refractivity contribution >= 4 is 5.91 Å². The minimum atomic E-state index is -0.201. The average molecular weight is 358 g/mol. The minimum Gasteiger partial charge on any atom is -0.369 e. The number of amides is 1. The third-order valence-corrected chi connectivity index (χ3v) is 4.79. The van der Waals surface area contributed by atoms with Gasteiger partial charge in [-0.15, -0.1) is 0 Å². The number of carbonyl (C=O) groups excluding carboxylic acids is 1. The Morgan fingerprint density at radius 2 is 2.12 bits per heavy atom. The molecule has 0 aromatic carbocycles. The molecule has 0 radical (unpaired) electrons. The molecule has 7 nitrogen and oxygen atoms in total. The van der Waals surface area contributed by atoms with Crippen LogP contribution in [-0.2, 0) is 30.8 Å². The smallest absolute Gasteiger partial charge is 0.270 e. The lowest BCUT2D eigenvalue weighted by atomic mass is 9.99. The number of nitrogens with one attached hydrogen (secondary N) is 1. The summed E-state index contributed by atoms with van der Waals surface area (Å²) in [5.74, 6) is -0.201. The van der Waals surface area contributed by atoms with Crippen LogP contribution in [0.2, 0.25) is 0 Å². The lowest BCUT2D eigenvalue weighted by molar-refractivity contribution is -0.00712. The Kier molecular flexibility index (Phi) is 5.27. The fraction of sp³-hybridized carbons (Fsp3) is 0.526. The van der Waals surface area contributed by atoms with Gasteiger partial charge in [0.2, 0.25) is 0 Å². The highest BCUT2D eigenvalue weighted by Gasteiger charge is 2.31. The molecule has 0 aliphatic carbocycles. The molecular weight excluding hydrogens is 332 g/mol. The average Bonchev–Trinajstić information content (AvgIpc) is 2.99. The number of fused-ring (bicyclic) bond motifs is 1. The zero-order chi connectivity index (χ0) is 18.8. The first kappa shape index (κ1) is 18.4. The van der Waals surface area contributed by atoms with E-state index in [0.29, 0.717) is 30.8 Å². The molecular formula is C19H26N4O3. The van der Waals surface area contributed by atoms with E-state index in [4.69, 9.17) is 4.74 Å². The van der Waals surface area contributed by atoms with Gasteiger partial charge < -0.3 is 14.6 Å². The summed E-state index contributed by atoms with van der Waals surface area (Å²) >= 11 is 0. The number of hydrogen-bond donors (Lipinski definition) is 1. The molecule has 0 saturated carbocycles. The summed E-state index contributed by atoms with van der Waals surface area (Å²) in [6, 6.07) is 3.57. The van der Waals surface area contributed by atoms with E-state index in [0.717, 1.165) is 11.3 Å². The van der Waals surface area contributed by atoms with Gasteiger partial charge in [0.05, 0.1) is 17.9 Å². The zero-order valence-electron chi connectivity index (χ0n) is 15.8. The number of carbonyl (C=O) groups is 1. The van der Waals surface area contributed by atoms with Gasteiger partial charge in [-0.2, -0.15) is 5.10 Å². The highest BCUT2D eigenvalue weighted by atomic mass is 16.5. The summed E-state index contributed by atoms with van der Waals surface area (Å²) in [6.45, 7) is 9.24. The maximum atomic E-state index is 12.9. The summed E-state index contributed by atoms with van der Waals surface area (Å²) in [6.07, 6.45) is 2.33. The molecule has 7 heteroatoms. The Balaban J connectivity index is 1.86. The van der Waals surface area contributed by atoms with Crippen LogP contribution in [0, 0.1) is 0 Å². The molecule has 0 spiro atoms. The molecule has 2 atom stereocenters. The predicted molar refractivity (Wildman–Crippen MR) is 98.1 cm³/mol. The SMILES string of the molecule is CCn1nc2c(c1C(=O)NCc1cccn(CC)c1=O)C[C@H](C)O[C@@H]2C. The van der Waals surface area contributed by atoms with Gasteiger partial charge in [-0.05, 0) is 33.8 Å². The second-order valence-corrected chi connectivity index (χ2v) is 6.63. The maximum absolute atomic E-state index is 12.9. The second kappa shape index (κ2) is 7.45. The van der Waals surface area contributed by atoms with E-state index in [-0.39, 0.29) is 30.2 Å². The van der Waals surface area contributed by atoms with Gasteiger partial charge in [-0.25, -0.2) is 0 Å². The molecule has 3 heterocycles. The molecule has 1 aliphatic heterocycles. The largest absolute Gasteiger partial charge is 0.369 e. The van der Waals surface area contributed by atoms with E-state index in [9.17, 15) is 9.59 Å². The first-order valence-electron chi connectivity index (χ1n) is 9.17. The minimum absolute atomic E-state index is 0.0458. The first-order chi connectivity index (χ1) is 12.5. The van der Waals surface area contributed by atoms with E-state index >= 15 is 0 Å². The van der Waals surface area contributed by atoms with Gasteiger partial charge in [-0.1, -0.05) is 6.07 Å². The molecule has 1 aliphatic rings. The Labute approximate surface area is 153 Å². The van der Waals surface area contributed by atoms with Crippen LogP contribution >= 0.6 is 0 Å². The van der Waals surface area contributed by atoms with Crippen LogP contribution in [0.15, 0.2) is 23.1 Å². The maximum Gasteiger partial charge on any atom is 0.270 e. The molecule has 0 fully saturated rings. The molecule has 2 aromatic heterocycles. The van der Waals surface area contributed by atoms with E-state index in [1.165, 1.54) is 0 Å². The predicted octanol–water partition coefficient (Wildman–Crippen LogP) is 2.04. The van der Waals surface area contributed by atoms with Crippen molar-refractivity contribution in [3.63, 3.8) is 0 Å². The van der Waals surface area contributed by atoms with Crippen molar-refractivity contribution < 1.29 is 9.53 Å². The van der Waals surface area contributed by atoms with E-state index < -0.39 is 0 Å². The molecule has 1 N–H and O–H groups in total. The zero-order valence-corrected chi connectivity index (χ0v) is 15.8. The van der Waals surface area contributed by atoms with E-state index in [1.807, 2.05) is 33.8 Å². The van der Waals surface area contributed by atoms with Crippen LogP contribution in [0.5, 0.6) is 0 Å². The van der Waals surface area contributed by atoms with E-state index in [2.05, 4.69) is 10.4 Å². The number of aryl methyl sites for hydroxylation is 2. The third kappa shape index (κ3) is 3.31. The molecule has 1 amide bonds. The summed E-state index contributed by atoms with van der Waals surface area (Å²) in [4.78, 5) is 25.2. The fourth-order valence-electron chi connectivity index (χ4n) is 3.51. The molecule has 2 aromatic rings. The van der Waals surface area contributed by atoms with Gasteiger partial charge in [0, 0.05) is 43.4 Å². The highest BCUT2D eigenvalue weighted by molar-refractivity contribution is 5.94. The number of aromatic nitrogens is 3. The van der Waals surface area contributed by atoms with Crippen molar-refractivity contribution in [2.45, 2.75) is 66.0 Å². The van der Waals surface area contributed by atoms with Gasteiger partial charge in [-0.3, -0.25) is 14.3 Å². The van der Waals surface area contributed by atoms with Gasteiger partial charge in [0.25, 0.3) is 11.5 Å². The normalized spacial score (nSPS) is 19.2. The number of pyridine rings is 1. The second-order valence-electron chi connectivity index (χ2n) is 6.63. The summed E-state index contributed by atoms with van der Waals surface area (Å²) in [5, 5.41) is 7.46. The van der Waals surface area contributed by atoms with Crippen LogP contribution in [0.4, 0.5) is 0 Å². The third-order valence-electron chi connectivity index (χ3n) is 4.79. The molecule has 0 unspecified atom stereocenters. The number of rotatable bonds is 5. The Bertz CT molecular complexity index is 868. The lowest BCUT2D eigenvalue weighted by Crippen LogP contribution is -2.32. The van der Waals surface area contributed by atoms with Crippen LogP contribution < -0.4 is 10.9 Å². The molecule has 3 rings (SSSR count). The lowest BCUT2D eigenvalue weighted by Gasteiger charge is -2.24. The molecule has 0 bridgehead atoms. The fourth-order valence-corrected chi connectivity index (χ4v) is 3.51. The van der Waals surface area contributed by atoms with Crippen molar-refractivity contribution in [2.24, 2.45) is 0 Å². The van der Waals surface area contributed by atoms with Crippen molar-refractivity contribution in [3.8, 4) is 0 Å². The molecule has 140 valence electrons. The van der Waals surface area contributed by atoms with E-state index in [1.54, 1.807) is 21.5 Å².